The molecule has 0 fully saturated rings. The van der Waals surface area contributed by atoms with Crippen molar-refractivity contribution in [2.75, 3.05) is 14.1 Å². The second-order valence-corrected chi connectivity index (χ2v) is 32.4. The van der Waals surface area contributed by atoms with Crippen molar-refractivity contribution in [2.45, 2.75) is 19.3 Å². The quantitative estimate of drug-likeness (QED) is 0.0370. The number of carboxylic acids is 1. The molecule has 2 aliphatic rings. The predicted octanol–water partition coefficient (Wildman–Crippen LogP) is 28.8. The van der Waals surface area contributed by atoms with Gasteiger partial charge in [-0.1, -0.05) is 251 Å². The Morgan fingerprint density at radius 1 is 0.390 bits per heavy atom. The Balaban J connectivity index is 0.000000162. The van der Waals surface area contributed by atoms with Gasteiger partial charge < -0.3 is 85.8 Å². The number of thiophene rings is 1. The maximum Gasteiger partial charge on any atom is 2.00 e. The molecular weight excluding hydrogens is 2700 g/mol. The van der Waals surface area contributed by atoms with Gasteiger partial charge in [0, 0.05) is 96.5 Å². The normalized spacial score (nSPS) is 10.7. The Labute approximate surface area is 909 Å². The standard InChI is InChI=1S/C18H13N2.C16H10N.C14H10O2.C14H12S2.C13H10N.C13H8N.C12H8.C9H6NS.C7H6O3.C4H8N2.5Pt/c1-20-17-8-3-2-6-14(17)15-12-13(9-10-18(15)20)16-7-4-5-11-19-16;1-4-11-5-2-8-14-15(11)12(6-1)10-13-7-3-9-17-16(13)14;15-13-11-7-3-1-5-9(11)10-6-2-4-8-12(10)14(13)16;15-13(11-7-3-1-4-8-11)14(16)12-9-5-2-6-10-12;2*1-2-6-12-10(4-1)7-8-11-5-3-9-14-13(11)12;1-3-7-11(8-4-1)12-9-5-2-6-10-12;1-2-6-10-8(4-1)9-5-3-7-11-9;8-6-4-2-1-3-5(6)7(9)10;1-5-3-4-6-2;;;;;/h2-8,10-12H,1H3;1-7,9H,10H2;1-8,15-16H;1-10,15-16H;1-5,9H,7-8H2;1-5,7-9H;1-7,9H;1-4,6-7H;1-4,8H,(H,9,10);3-4H,1-2H3;;;;;/q2*-1;;;2*-1;-2;-1;;-2;;;3*+2/p-2. The van der Waals surface area contributed by atoms with Crippen LogP contribution in [0.4, 0.5) is 0 Å². The molecule has 0 radical (unpaired) electrons. The number of nitrogens with zero attached hydrogens (tertiary/aromatic N) is 8. The number of aromatic hydroxyl groups is 3. The fourth-order valence-corrected chi connectivity index (χ4v) is 16.7. The summed E-state index contributed by atoms with van der Waals surface area (Å²) in [6.07, 6.45) is 15.6. The van der Waals surface area contributed by atoms with Gasteiger partial charge in [0.15, 0.2) is 11.5 Å². The average molecular weight is 2790 g/mol. The average Bonchev–Trinajstić information content (AvgIpc) is 1.68. The molecule has 22 aromatic rings. The van der Waals surface area contributed by atoms with Crippen LogP contribution in [0.5, 0.6) is 17.2 Å². The van der Waals surface area contributed by atoms with Crippen LogP contribution in [0.3, 0.4) is 0 Å². The van der Waals surface area contributed by atoms with Crippen LogP contribution in [0.2, 0.25) is 0 Å². The number of hydrogen-bond acceptors (Lipinski definition) is 12. The zero-order chi connectivity index (χ0) is 94.2. The fraction of sp³-hybridized carbons (Fsp3) is 0.0500. The first-order chi connectivity index (χ1) is 66.8. The van der Waals surface area contributed by atoms with Crippen LogP contribution in [0, 0.1) is 42.5 Å². The van der Waals surface area contributed by atoms with Crippen molar-refractivity contribution in [1.29, 1.82) is 0 Å². The van der Waals surface area contributed by atoms with Gasteiger partial charge >= 0.3 is 69.2 Å². The number of phenols is 3. The zero-order valence-electron chi connectivity index (χ0n) is 76.1. The van der Waals surface area contributed by atoms with Crippen molar-refractivity contribution < 1.29 is 131 Å². The third kappa shape index (κ3) is 28.5. The number of fused-ring (bicyclic) bond motifs is 14. The van der Waals surface area contributed by atoms with E-state index in [9.17, 15) is 15.0 Å². The van der Waals surface area contributed by atoms with E-state index in [1.165, 1.54) is 83.3 Å². The van der Waals surface area contributed by atoms with Crippen LogP contribution in [-0.4, -0.2) is 70.0 Å². The molecule has 0 aliphatic heterocycles. The molecule has 0 atom stereocenters. The minimum atomic E-state index is -1.11. The first-order valence-electron chi connectivity index (χ1n) is 43.7. The van der Waals surface area contributed by atoms with E-state index in [4.69, 9.17) is 35.5 Å². The van der Waals surface area contributed by atoms with E-state index in [2.05, 4.69) is 193 Å². The van der Waals surface area contributed by atoms with E-state index in [1.807, 2.05) is 267 Å². The van der Waals surface area contributed by atoms with Gasteiger partial charge in [-0.3, -0.25) is 0 Å². The largest absolute Gasteiger partial charge is 2.00 e. The molecule has 0 bridgehead atoms. The van der Waals surface area contributed by atoms with Crippen molar-refractivity contribution in [3.63, 3.8) is 0 Å². The van der Waals surface area contributed by atoms with Gasteiger partial charge in [-0.25, -0.2) is 39.7 Å². The Morgan fingerprint density at radius 3 is 1.47 bits per heavy atom. The molecule has 24 rings (SSSR count). The molecule has 0 saturated heterocycles. The number of aromatic nitrogens is 6. The third-order valence-corrected chi connectivity index (χ3v) is 23.9. The van der Waals surface area contributed by atoms with E-state index < -0.39 is 5.97 Å². The summed E-state index contributed by atoms with van der Waals surface area (Å²) in [4.78, 5) is 34.8. The number of hydrogen-bond donors (Lipinski definition) is 4. The van der Waals surface area contributed by atoms with Crippen LogP contribution < -0.4 is 0 Å². The van der Waals surface area contributed by atoms with E-state index in [1.54, 1.807) is 68.3 Å². The van der Waals surface area contributed by atoms with Crippen LogP contribution in [-0.2, 0) is 157 Å². The molecular formula is C120H89N8O5Pt5S3-5. The van der Waals surface area contributed by atoms with Crippen molar-refractivity contribution in [3.05, 3.63) is 517 Å². The second kappa shape index (κ2) is 56.2. The number of para-hydroxylation sites is 2. The summed E-state index contributed by atoms with van der Waals surface area (Å²) < 4.78 is 2.21. The van der Waals surface area contributed by atoms with E-state index in [0.29, 0.717) is 10.8 Å². The van der Waals surface area contributed by atoms with E-state index in [-0.39, 0.29) is 128 Å². The summed E-state index contributed by atoms with van der Waals surface area (Å²) in [7, 11) is 5.52. The maximum atomic E-state index is 10.3. The van der Waals surface area contributed by atoms with Crippen LogP contribution in [0.25, 0.3) is 152 Å². The monoisotopic (exact) mass is 2790 g/mol. The SMILES string of the molecule is C[N-]C=C[N-]C.Cn1c2c[c-]c(-c3ccccn3)cc2c2ccccc21.O=C(O)c1ccccc1O.Oc1c(O)c2ccccc2c2ccccc12.[Pt+2].[Pt+2].[Pt+2].[Pt].[Pt].[S-]C(=C([S-])c1ccccc1)c1ccccc1.[c-]1ccc2cccc3c2c1-c1ncccc1C3.[c-]1cccc2c1-c1ncccc1CC2.[c-]1cccc2ccc3cccnc3c12.[c-]1ccccc1-c1[c-]cccc1.[c-]1ccsc1-c1ccccn1. The van der Waals surface area contributed by atoms with Crippen molar-refractivity contribution in [3.8, 4) is 72.7 Å². The molecule has 4 N–H and O–H groups in total. The number of pyridine rings is 5. The summed E-state index contributed by atoms with van der Waals surface area (Å²) in [6, 6.07) is 145. The summed E-state index contributed by atoms with van der Waals surface area (Å²) in [6.45, 7) is 0. The number of aromatic carboxylic acids is 1. The Kier molecular flexibility index (Phi) is 43.7. The summed E-state index contributed by atoms with van der Waals surface area (Å²) >= 11 is 12.4. The Morgan fingerprint density at radius 2 is 0.879 bits per heavy atom. The number of aryl methyl sites for hydroxylation is 3. The molecule has 7 aromatic heterocycles. The van der Waals surface area contributed by atoms with Crippen molar-refractivity contribution in [1.82, 2.24) is 29.5 Å². The topological polar surface area (TPSA) is 196 Å². The summed E-state index contributed by atoms with van der Waals surface area (Å²) in [5.41, 5.74) is 20.6. The van der Waals surface area contributed by atoms with Gasteiger partial charge in [0.2, 0.25) is 0 Å². The minimum Gasteiger partial charge on any atom is -0.781 e. The maximum absolute atomic E-state index is 10.3. The molecule has 7 heterocycles. The molecule has 141 heavy (non-hydrogen) atoms. The summed E-state index contributed by atoms with van der Waals surface area (Å²) in [5, 5.41) is 58.3. The molecule has 2 aliphatic carbocycles. The Hall–Kier alpha value is -13.3. The van der Waals surface area contributed by atoms with Gasteiger partial charge in [0.25, 0.3) is 0 Å². The van der Waals surface area contributed by atoms with Crippen molar-refractivity contribution >= 4 is 128 Å². The fourth-order valence-electron chi connectivity index (χ4n) is 15.6. The third-order valence-electron chi connectivity index (χ3n) is 22.1. The first-order valence-corrected chi connectivity index (χ1v) is 45.4. The second-order valence-electron chi connectivity index (χ2n) is 30.7. The number of carboxylic acid groups (broad SMARTS) is 1. The van der Waals surface area contributed by atoms with E-state index >= 15 is 0 Å². The predicted molar refractivity (Wildman–Crippen MR) is 563 cm³/mol. The van der Waals surface area contributed by atoms with Gasteiger partial charge in [0.1, 0.15) is 11.3 Å². The van der Waals surface area contributed by atoms with Crippen LogP contribution in [0.1, 0.15) is 43.7 Å². The molecule has 0 unspecified atom stereocenters. The number of rotatable bonds is 8. The molecule has 21 heteroatoms. The molecule has 0 saturated carbocycles. The molecule has 13 nitrogen and oxygen atoms in total. The van der Waals surface area contributed by atoms with E-state index in [0.717, 1.165) is 112 Å². The number of phenolic OH excluding ortho intramolecular Hbond substituents is 2. The van der Waals surface area contributed by atoms with Crippen LogP contribution >= 0.6 is 11.3 Å². The molecule has 712 valence electrons. The molecule has 0 amide bonds. The molecule has 0 spiro atoms. The minimum absolute atomic E-state index is 0. The zero-order valence-corrected chi connectivity index (χ0v) is 89.9. The number of benzene rings is 15. The smallest absolute Gasteiger partial charge is 0.781 e. The van der Waals surface area contributed by atoms with Crippen LogP contribution in [0.15, 0.2) is 425 Å². The summed E-state index contributed by atoms with van der Waals surface area (Å²) in [5.74, 6) is -1.41. The Bertz CT molecular complexity index is 7540. The molecule has 15 aromatic carbocycles. The van der Waals surface area contributed by atoms with Gasteiger partial charge in [0.05, 0.1) is 0 Å². The number of carbonyl (C=O) groups is 1. The first kappa shape index (κ1) is 110. The van der Waals surface area contributed by atoms with Gasteiger partial charge in [-0.05, 0) is 128 Å². The van der Waals surface area contributed by atoms with Gasteiger partial charge in [-0.2, -0.15) is 70.5 Å². The van der Waals surface area contributed by atoms with Crippen molar-refractivity contribution in [2.24, 2.45) is 7.05 Å². The van der Waals surface area contributed by atoms with Gasteiger partial charge in [-0.15, -0.1) is 155 Å².